The molecule has 10 nitrogen and oxygen atoms in total. The summed E-state index contributed by atoms with van der Waals surface area (Å²) in [7, 11) is 2.07. The van der Waals surface area contributed by atoms with Gasteiger partial charge in [-0.25, -0.2) is 14.4 Å². The number of likely N-dealkylation sites (N-methyl/N-ethyl adjacent to an activating group) is 1. The van der Waals surface area contributed by atoms with Gasteiger partial charge in [-0.05, 0) is 70.0 Å². The van der Waals surface area contributed by atoms with Crippen LogP contribution in [0.15, 0.2) is 37.3 Å². The highest BCUT2D eigenvalue weighted by molar-refractivity contribution is 6.36. The van der Waals surface area contributed by atoms with E-state index in [0.717, 1.165) is 19.4 Å². The van der Waals surface area contributed by atoms with Crippen molar-refractivity contribution in [3.8, 4) is 23.1 Å². The van der Waals surface area contributed by atoms with Crippen molar-refractivity contribution in [1.82, 2.24) is 34.5 Å². The first kappa shape index (κ1) is 31.4. The molecule has 13 heteroatoms. The van der Waals surface area contributed by atoms with E-state index in [1.54, 1.807) is 29.6 Å². The lowest BCUT2D eigenvalue weighted by atomic mass is 9.93. The number of imidazole rings is 1. The molecule has 47 heavy (non-hydrogen) atoms. The maximum atomic E-state index is 17.1. The van der Waals surface area contributed by atoms with Crippen LogP contribution in [-0.4, -0.2) is 79.3 Å². The average Bonchev–Trinajstić information content (AvgIpc) is 3.82. The number of fused-ring (bicyclic) bond motifs is 4. The minimum atomic E-state index is -0.605. The van der Waals surface area contributed by atoms with E-state index in [0.29, 0.717) is 69.5 Å². The summed E-state index contributed by atoms with van der Waals surface area (Å²) in [5.74, 6) is -0.569. The van der Waals surface area contributed by atoms with E-state index >= 15 is 4.39 Å². The number of carbonyl (C=O) groups is 1. The van der Waals surface area contributed by atoms with Crippen molar-refractivity contribution in [1.29, 1.82) is 5.26 Å². The zero-order valence-corrected chi connectivity index (χ0v) is 27.6. The molecule has 3 aromatic heterocycles. The summed E-state index contributed by atoms with van der Waals surface area (Å²) in [5.41, 5.74) is 3.27. The number of aromatic nitrogens is 5. The number of likely N-dealkylation sites (tertiary alicyclic amines) is 2. The zero-order valence-electron chi connectivity index (χ0n) is 26.1. The van der Waals surface area contributed by atoms with Crippen LogP contribution in [0.4, 0.5) is 4.39 Å². The lowest BCUT2D eigenvalue weighted by Gasteiger charge is -2.38. The molecule has 7 rings (SSSR count). The number of hydrogen-bond donors (Lipinski definition) is 1. The van der Waals surface area contributed by atoms with E-state index in [4.69, 9.17) is 37.9 Å². The fourth-order valence-electron chi connectivity index (χ4n) is 7.28. The molecule has 5 heterocycles. The Hall–Kier alpha value is -4.24. The van der Waals surface area contributed by atoms with Crippen molar-refractivity contribution >= 4 is 61.9 Å². The van der Waals surface area contributed by atoms with E-state index in [1.165, 1.54) is 6.08 Å². The van der Waals surface area contributed by atoms with Crippen LogP contribution in [0.5, 0.6) is 5.88 Å². The summed E-state index contributed by atoms with van der Waals surface area (Å²) in [6.07, 6.45) is 8.00. The topological polar surface area (TPSA) is 116 Å². The van der Waals surface area contributed by atoms with Gasteiger partial charge in [-0.3, -0.25) is 9.89 Å². The minimum absolute atomic E-state index is 0.0947. The summed E-state index contributed by atoms with van der Waals surface area (Å²) < 4.78 is 25.5. The molecule has 2 fully saturated rings. The monoisotopic (exact) mass is 674 g/mol. The number of benzene rings is 2. The first-order chi connectivity index (χ1) is 22.7. The molecule has 1 N–H and O–H groups in total. The number of aromatic amines is 1. The van der Waals surface area contributed by atoms with Crippen LogP contribution in [0.25, 0.3) is 44.0 Å². The maximum Gasteiger partial charge on any atom is 0.246 e. The molecule has 0 radical (unpaired) electrons. The minimum Gasteiger partial charge on any atom is -0.474 e. The molecule has 2 unspecified atom stereocenters. The Bertz CT molecular complexity index is 2100. The molecule has 0 saturated carbocycles. The molecular weight excluding hydrogens is 642 g/mol. The predicted molar refractivity (Wildman–Crippen MR) is 180 cm³/mol. The second-order valence-corrected chi connectivity index (χ2v) is 13.2. The van der Waals surface area contributed by atoms with Gasteiger partial charge in [0, 0.05) is 51.6 Å². The molecular formula is C34H33Cl2FN8O2. The number of nitriles is 1. The maximum absolute atomic E-state index is 17.1. The Morgan fingerprint density at radius 1 is 1.19 bits per heavy atom. The molecule has 1 amide bonds. The first-order valence-corrected chi connectivity index (χ1v) is 16.4. The molecule has 0 bridgehead atoms. The molecule has 2 aliphatic rings. The van der Waals surface area contributed by atoms with E-state index in [9.17, 15) is 10.1 Å². The first-order valence-electron chi connectivity index (χ1n) is 15.7. The second kappa shape index (κ2) is 12.4. The number of carbonyl (C=O) groups excluding carboxylic acids is 1. The summed E-state index contributed by atoms with van der Waals surface area (Å²) in [6.45, 7) is 7.26. The van der Waals surface area contributed by atoms with Crippen molar-refractivity contribution in [3.05, 3.63) is 58.7 Å². The van der Waals surface area contributed by atoms with Crippen LogP contribution in [0, 0.1) is 24.1 Å². The number of nitrogens with zero attached hydrogens (tertiary/aromatic N) is 7. The lowest BCUT2D eigenvalue weighted by molar-refractivity contribution is -0.130. The van der Waals surface area contributed by atoms with Crippen molar-refractivity contribution < 1.29 is 13.9 Å². The van der Waals surface area contributed by atoms with Gasteiger partial charge in [0.15, 0.2) is 11.3 Å². The molecule has 2 aromatic carbocycles. The number of pyridine rings is 1. The van der Waals surface area contributed by atoms with Gasteiger partial charge in [-0.1, -0.05) is 29.8 Å². The van der Waals surface area contributed by atoms with Crippen LogP contribution in [0.3, 0.4) is 0 Å². The Morgan fingerprint density at radius 3 is 2.77 bits per heavy atom. The van der Waals surface area contributed by atoms with Gasteiger partial charge in [0.1, 0.15) is 12.1 Å². The van der Waals surface area contributed by atoms with Gasteiger partial charge in [-0.15, -0.1) is 0 Å². The average molecular weight is 676 g/mol. The van der Waals surface area contributed by atoms with Gasteiger partial charge in [0.05, 0.1) is 41.1 Å². The van der Waals surface area contributed by atoms with Crippen LogP contribution >= 0.6 is 23.2 Å². The summed E-state index contributed by atoms with van der Waals surface area (Å²) in [5, 5.41) is 18.5. The zero-order chi connectivity index (χ0) is 33.0. The van der Waals surface area contributed by atoms with Gasteiger partial charge in [-0.2, -0.15) is 10.4 Å². The third kappa shape index (κ3) is 5.29. The Labute approximate surface area is 280 Å². The van der Waals surface area contributed by atoms with Gasteiger partial charge >= 0.3 is 0 Å². The van der Waals surface area contributed by atoms with Crippen molar-refractivity contribution in [2.24, 2.45) is 0 Å². The van der Waals surface area contributed by atoms with E-state index in [-0.39, 0.29) is 52.4 Å². The van der Waals surface area contributed by atoms with Gasteiger partial charge in [0.2, 0.25) is 11.8 Å². The van der Waals surface area contributed by atoms with E-state index < -0.39 is 5.82 Å². The normalized spacial score (nSPS) is 20.3. The van der Waals surface area contributed by atoms with Crippen LogP contribution in [-0.2, 0) is 4.79 Å². The fraction of sp³-hybridized carbons (Fsp3) is 0.382. The van der Waals surface area contributed by atoms with Crippen molar-refractivity contribution in [2.45, 2.75) is 57.2 Å². The number of halogens is 3. The van der Waals surface area contributed by atoms with Gasteiger partial charge < -0.3 is 19.1 Å². The quantitative estimate of drug-likeness (QED) is 0.185. The predicted octanol–water partition coefficient (Wildman–Crippen LogP) is 6.99. The number of H-pyrrole nitrogens is 1. The lowest BCUT2D eigenvalue weighted by Crippen LogP contribution is -2.45. The highest BCUT2D eigenvalue weighted by atomic mass is 35.5. The number of piperidine rings is 1. The fourth-order valence-corrected chi connectivity index (χ4v) is 7.77. The third-order valence-corrected chi connectivity index (χ3v) is 10.5. The second-order valence-electron chi connectivity index (χ2n) is 12.4. The van der Waals surface area contributed by atoms with E-state index in [1.807, 2.05) is 11.5 Å². The SMILES string of the molecule is C=CC(=O)N1CCC(n2cnc3c(OC[C@@H]4CCCN4C)nc4c(F)c(-c5c(C)c(Cl)cc6[nH]ncc56)c(Cl)cc4c32)CC1CC#N. The highest BCUT2D eigenvalue weighted by Crippen LogP contribution is 2.45. The number of ether oxygens (including phenoxy) is 1. The Morgan fingerprint density at radius 2 is 2.02 bits per heavy atom. The van der Waals surface area contributed by atoms with Crippen LogP contribution in [0.2, 0.25) is 10.0 Å². The smallest absolute Gasteiger partial charge is 0.246 e. The van der Waals surface area contributed by atoms with Crippen molar-refractivity contribution in [2.75, 3.05) is 26.7 Å². The van der Waals surface area contributed by atoms with E-state index in [2.05, 4.69) is 34.8 Å². The number of rotatable bonds is 7. The van der Waals surface area contributed by atoms with Crippen LogP contribution < -0.4 is 4.74 Å². The molecule has 2 saturated heterocycles. The Kier molecular flexibility index (Phi) is 8.28. The molecule has 2 aliphatic heterocycles. The summed E-state index contributed by atoms with van der Waals surface area (Å²) >= 11 is 13.6. The largest absolute Gasteiger partial charge is 0.474 e. The Balaban J connectivity index is 1.42. The summed E-state index contributed by atoms with van der Waals surface area (Å²) in [4.78, 5) is 26.1. The highest BCUT2D eigenvalue weighted by Gasteiger charge is 2.34. The van der Waals surface area contributed by atoms with Crippen LogP contribution in [0.1, 0.15) is 43.7 Å². The molecule has 242 valence electrons. The number of nitrogens with one attached hydrogen (secondary N) is 1. The number of amides is 1. The molecule has 3 atom stereocenters. The summed E-state index contributed by atoms with van der Waals surface area (Å²) in [6, 6.07) is 5.48. The van der Waals surface area contributed by atoms with Crippen molar-refractivity contribution in [3.63, 3.8) is 0 Å². The van der Waals surface area contributed by atoms with Gasteiger partial charge in [0.25, 0.3) is 0 Å². The standard InChI is InChI=1S/C34H33Cl2FN8O2/c1-4-27(46)44-11-8-20(12-19(44)7-9-38)45-17-39-32-33(45)22-13-25(36)29(28-18(2)24(35)14-26-23(28)15-40-42-26)30(37)31(22)41-34(32)47-16-21-6-5-10-43(21)3/h4,13-15,17,19-21H,1,5-8,10-12,16H2,2-3H3,(H,40,42)/t19?,20?,21-/m0/s1. The molecule has 0 aliphatic carbocycles. The number of hydrogen-bond acceptors (Lipinski definition) is 7. The third-order valence-electron chi connectivity index (χ3n) is 9.80. The molecule has 5 aromatic rings. The molecule has 0 spiro atoms.